The van der Waals surface area contributed by atoms with Gasteiger partial charge in [0.1, 0.15) is 11.8 Å². The lowest BCUT2D eigenvalue weighted by Crippen LogP contribution is -2.50. The van der Waals surface area contributed by atoms with Crippen molar-refractivity contribution in [1.29, 1.82) is 0 Å². The van der Waals surface area contributed by atoms with Gasteiger partial charge in [-0.25, -0.2) is 8.42 Å². The van der Waals surface area contributed by atoms with Crippen LogP contribution in [0, 0.1) is 0 Å². The minimum Gasteiger partial charge on any atom is -0.495 e. The molecule has 3 aromatic rings. The molecule has 0 fully saturated rings. The van der Waals surface area contributed by atoms with Gasteiger partial charge in [-0.05, 0) is 48.7 Å². The summed E-state index contributed by atoms with van der Waals surface area (Å²) in [4.78, 5) is 28.6. The van der Waals surface area contributed by atoms with E-state index >= 15 is 0 Å². The van der Waals surface area contributed by atoms with Crippen LogP contribution in [0.3, 0.4) is 0 Å². The number of nitrogens with zero attached hydrogens (tertiary/aromatic N) is 2. The number of carbonyl (C=O) groups excluding carboxylic acids is 2. The van der Waals surface area contributed by atoms with Crippen LogP contribution in [0.2, 0.25) is 5.02 Å². The minimum absolute atomic E-state index is 0.0342. The highest BCUT2D eigenvalue weighted by atomic mass is 35.5. The second kappa shape index (κ2) is 14.7. The summed E-state index contributed by atoms with van der Waals surface area (Å²) in [6.45, 7) is 2.50. The topological polar surface area (TPSA) is 96.0 Å². The highest BCUT2D eigenvalue weighted by Crippen LogP contribution is 2.30. The van der Waals surface area contributed by atoms with E-state index in [9.17, 15) is 18.0 Å². The number of benzene rings is 3. The Labute approximate surface area is 241 Å². The van der Waals surface area contributed by atoms with Crippen LogP contribution in [-0.2, 0) is 32.6 Å². The Hall–Kier alpha value is -3.56. The molecule has 0 saturated heterocycles. The first-order valence-electron chi connectivity index (χ1n) is 13.1. The van der Waals surface area contributed by atoms with E-state index in [1.165, 1.54) is 11.4 Å². The third-order valence-corrected chi connectivity index (χ3v) is 7.79. The van der Waals surface area contributed by atoms with Crippen LogP contribution in [0.5, 0.6) is 5.75 Å². The van der Waals surface area contributed by atoms with Crippen LogP contribution in [-0.4, -0.2) is 57.6 Å². The fourth-order valence-electron chi connectivity index (χ4n) is 4.50. The van der Waals surface area contributed by atoms with Gasteiger partial charge in [-0.15, -0.1) is 0 Å². The molecule has 2 amide bonds. The zero-order valence-electron chi connectivity index (χ0n) is 23.0. The van der Waals surface area contributed by atoms with Crippen LogP contribution in [0.1, 0.15) is 30.9 Å². The number of likely N-dealkylation sites (N-methyl/N-ethyl adjacent to an activating group) is 1. The molecular weight excluding hydrogens is 550 g/mol. The van der Waals surface area contributed by atoms with E-state index in [0.29, 0.717) is 29.4 Å². The van der Waals surface area contributed by atoms with Gasteiger partial charge in [-0.3, -0.25) is 13.9 Å². The zero-order valence-corrected chi connectivity index (χ0v) is 24.6. The first-order valence-corrected chi connectivity index (χ1v) is 15.3. The Balaban J connectivity index is 1.88. The van der Waals surface area contributed by atoms with Crippen molar-refractivity contribution in [3.63, 3.8) is 0 Å². The fourth-order valence-corrected chi connectivity index (χ4v) is 5.68. The van der Waals surface area contributed by atoms with E-state index in [-0.39, 0.29) is 37.7 Å². The number of hydrogen-bond acceptors (Lipinski definition) is 5. The van der Waals surface area contributed by atoms with Crippen LogP contribution >= 0.6 is 11.6 Å². The Kier molecular flexibility index (Phi) is 11.4. The van der Waals surface area contributed by atoms with Gasteiger partial charge in [0.2, 0.25) is 21.8 Å². The number of carbonyl (C=O) groups is 2. The number of anilines is 1. The summed E-state index contributed by atoms with van der Waals surface area (Å²) in [7, 11) is -2.17. The summed E-state index contributed by atoms with van der Waals surface area (Å²) in [6, 6.07) is 22.8. The molecule has 0 spiro atoms. The van der Waals surface area contributed by atoms with E-state index in [4.69, 9.17) is 16.3 Å². The summed E-state index contributed by atoms with van der Waals surface area (Å²) >= 11 is 6.22. The number of hydrogen-bond donors (Lipinski definition) is 1. The molecule has 1 N–H and O–H groups in total. The van der Waals surface area contributed by atoms with Crippen LogP contribution in [0.25, 0.3) is 0 Å². The van der Waals surface area contributed by atoms with Crippen molar-refractivity contribution in [2.45, 2.75) is 38.8 Å². The van der Waals surface area contributed by atoms with Gasteiger partial charge < -0.3 is 15.0 Å². The van der Waals surface area contributed by atoms with Crippen LogP contribution in [0.15, 0.2) is 78.9 Å². The van der Waals surface area contributed by atoms with Crippen molar-refractivity contribution in [2.75, 3.05) is 30.8 Å². The standard InChI is InChI=1S/C30H36ClN3O5S/c1-4-32-30(36)27(21-23-12-6-5-7-13-23)33(22-24-14-10-15-25(31)20-24)29(35)18-11-19-34(40(3,37)38)26-16-8-9-17-28(26)39-2/h5-10,12-17,20,27H,4,11,18-19,21-22H2,1-3H3,(H,32,36)/t27-/m1/s1. The molecule has 0 aliphatic carbocycles. The lowest BCUT2D eigenvalue weighted by atomic mass is 10.0. The predicted molar refractivity (Wildman–Crippen MR) is 159 cm³/mol. The van der Waals surface area contributed by atoms with Gasteiger partial charge in [0.05, 0.1) is 19.1 Å². The second-order valence-corrected chi connectivity index (χ2v) is 11.7. The Morgan fingerprint density at radius 1 is 0.975 bits per heavy atom. The van der Waals surface area contributed by atoms with Crippen molar-refractivity contribution >= 4 is 39.1 Å². The maximum absolute atomic E-state index is 13.8. The third-order valence-electron chi connectivity index (χ3n) is 6.37. The average molecular weight is 586 g/mol. The number of halogens is 1. The Morgan fingerprint density at radius 2 is 1.65 bits per heavy atom. The first-order chi connectivity index (χ1) is 19.1. The number of ether oxygens (including phenoxy) is 1. The van der Waals surface area contributed by atoms with Gasteiger partial charge in [-0.1, -0.05) is 66.2 Å². The van der Waals surface area contributed by atoms with E-state index in [1.54, 1.807) is 47.4 Å². The van der Waals surface area contributed by atoms with E-state index in [2.05, 4.69) is 5.32 Å². The van der Waals surface area contributed by atoms with Crippen molar-refractivity contribution < 1.29 is 22.7 Å². The van der Waals surface area contributed by atoms with Crippen LogP contribution in [0.4, 0.5) is 5.69 Å². The molecule has 0 unspecified atom stereocenters. The SMILES string of the molecule is CCNC(=O)[C@@H](Cc1ccccc1)N(Cc1cccc(Cl)c1)C(=O)CCCN(c1ccccc1OC)S(C)(=O)=O. The van der Waals surface area contributed by atoms with Gasteiger partial charge in [0, 0.05) is 37.5 Å². The predicted octanol–water partition coefficient (Wildman–Crippen LogP) is 4.67. The van der Waals surface area contributed by atoms with Crippen molar-refractivity contribution in [3.05, 3.63) is 95.0 Å². The Morgan fingerprint density at radius 3 is 2.30 bits per heavy atom. The second-order valence-electron chi connectivity index (χ2n) is 9.36. The first kappa shape index (κ1) is 31.0. The average Bonchev–Trinajstić information content (AvgIpc) is 2.93. The normalized spacial score (nSPS) is 11.9. The quantitative estimate of drug-likeness (QED) is 0.297. The monoisotopic (exact) mass is 585 g/mol. The number of methoxy groups -OCH3 is 1. The van der Waals surface area contributed by atoms with Crippen molar-refractivity contribution in [3.8, 4) is 5.75 Å². The largest absolute Gasteiger partial charge is 0.495 e. The molecule has 1 atom stereocenters. The summed E-state index contributed by atoms with van der Waals surface area (Å²) in [5, 5.41) is 3.40. The maximum Gasteiger partial charge on any atom is 0.243 e. The van der Waals surface area contributed by atoms with Gasteiger partial charge >= 0.3 is 0 Å². The van der Waals surface area contributed by atoms with Gasteiger partial charge in [-0.2, -0.15) is 0 Å². The van der Waals surface area contributed by atoms with E-state index < -0.39 is 16.1 Å². The van der Waals surface area contributed by atoms with E-state index in [1.807, 2.05) is 43.3 Å². The molecule has 0 radical (unpaired) electrons. The number of nitrogens with one attached hydrogen (secondary N) is 1. The van der Waals surface area contributed by atoms with Crippen LogP contribution < -0.4 is 14.4 Å². The number of amides is 2. The highest BCUT2D eigenvalue weighted by Gasteiger charge is 2.30. The molecule has 3 aromatic carbocycles. The lowest BCUT2D eigenvalue weighted by molar-refractivity contribution is -0.141. The molecular formula is C30H36ClN3O5S. The summed E-state index contributed by atoms with van der Waals surface area (Å²) < 4.78 is 31.9. The minimum atomic E-state index is -3.65. The lowest BCUT2D eigenvalue weighted by Gasteiger charge is -2.32. The highest BCUT2D eigenvalue weighted by molar-refractivity contribution is 7.92. The molecule has 10 heteroatoms. The zero-order chi connectivity index (χ0) is 29.1. The number of para-hydroxylation sites is 2. The molecule has 214 valence electrons. The molecule has 0 saturated carbocycles. The van der Waals surface area contributed by atoms with Crippen molar-refractivity contribution in [1.82, 2.24) is 10.2 Å². The number of rotatable bonds is 14. The summed E-state index contributed by atoms with van der Waals surface area (Å²) in [5.74, 6) is -0.102. The van der Waals surface area contributed by atoms with Gasteiger partial charge in [0.15, 0.2) is 0 Å². The Bertz CT molecular complexity index is 1380. The molecule has 3 rings (SSSR count). The summed E-state index contributed by atoms with van der Waals surface area (Å²) in [5.41, 5.74) is 2.11. The maximum atomic E-state index is 13.8. The van der Waals surface area contributed by atoms with Crippen molar-refractivity contribution in [2.24, 2.45) is 0 Å². The number of sulfonamides is 1. The molecule has 0 heterocycles. The molecule has 40 heavy (non-hydrogen) atoms. The smallest absolute Gasteiger partial charge is 0.243 e. The molecule has 0 bridgehead atoms. The third kappa shape index (κ3) is 8.72. The molecule has 0 aromatic heterocycles. The van der Waals surface area contributed by atoms with E-state index in [0.717, 1.165) is 17.4 Å². The molecule has 0 aliphatic rings. The van der Waals surface area contributed by atoms with Gasteiger partial charge in [0.25, 0.3) is 0 Å². The summed E-state index contributed by atoms with van der Waals surface area (Å²) in [6.07, 6.45) is 1.73. The molecule has 8 nitrogen and oxygen atoms in total. The fraction of sp³-hybridized carbons (Fsp3) is 0.333. The molecule has 0 aliphatic heterocycles.